The highest BCUT2D eigenvalue weighted by Gasteiger charge is 2.31. The van der Waals surface area contributed by atoms with Gasteiger partial charge in [0, 0.05) is 35.8 Å². The molecule has 0 bridgehead atoms. The molecule has 0 aliphatic carbocycles. The maximum absolute atomic E-state index is 13.0. The summed E-state index contributed by atoms with van der Waals surface area (Å²) < 4.78 is 0. The number of hydrogen-bond donors (Lipinski definition) is 0. The molecule has 2 aliphatic rings. The fraction of sp³-hybridized carbons (Fsp3) is 0.450. The summed E-state index contributed by atoms with van der Waals surface area (Å²) in [6.07, 6.45) is 8.13. The van der Waals surface area contributed by atoms with Crippen molar-refractivity contribution in [2.75, 3.05) is 26.2 Å². The summed E-state index contributed by atoms with van der Waals surface area (Å²) in [5.41, 5.74) is 0.783. The first kappa shape index (κ1) is 22.9. The Bertz CT molecular complexity index is 742. The van der Waals surface area contributed by atoms with Gasteiger partial charge in [0.05, 0.1) is 0 Å². The van der Waals surface area contributed by atoms with Gasteiger partial charge in [0.1, 0.15) is 11.4 Å². The normalized spacial score (nSPS) is 19.1. The molecule has 2 fully saturated rings. The van der Waals surface area contributed by atoms with Crippen molar-refractivity contribution in [3.63, 3.8) is 0 Å². The van der Waals surface area contributed by atoms with Crippen molar-refractivity contribution in [2.24, 2.45) is 0 Å². The minimum Gasteiger partial charge on any atom is -0.334 e. The minimum absolute atomic E-state index is 0. The summed E-state index contributed by atoms with van der Waals surface area (Å²) >= 11 is 1.58. The summed E-state index contributed by atoms with van der Waals surface area (Å²) in [7, 11) is 0. The van der Waals surface area contributed by atoms with Gasteiger partial charge in [0.15, 0.2) is 0 Å². The minimum atomic E-state index is 0. The molecule has 0 saturated carbocycles. The average molecular weight is 441 g/mol. The van der Waals surface area contributed by atoms with Crippen molar-refractivity contribution in [3.05, 3.63) is 48.4 Å². The van der Waals surface area contributed by atoms with E-state index in [4.69, 9.17) is 0 Å². The number of carbonyl (C=O) groups excluding carboxylic acids is 1. The maximum Gasteiger partial charge on any atom is 0.254 e. The highest BCUT2D eigenvalue weighted by atomic mass is 35.5. The Morgan fingerprint density at radius 1 is 1.04 bits per heavy atom. The van der Waals surface area contributed by atoms with E-state index in [1.165, 1.54) is 25.9 Å². The van der Waals surface area contributed by atoms with E-state index in [-0.39, 0.29) is 30.7 Å². The molecule has 5 nitrogen and oxygen atoms in total. The SMILES string of the molecule is Cl.Cl.O=C(c1ccc(Sc2ccncn2)cc1)N1CCC[C@H]1CN1CCCC1. The fourth-order valence-corrected chi connectivity index (χ4v) is 4.59. The van der Waals surface area contributed by atoms with Crippen LogP contribution in [0.15, 0.2) is 52.8 Å². The molecular weight excluding hydrogens is 415 g/mol. The lowest BCUT2D eigenvalue weighted by Gasteiger charge is -2.28. The van der Waals surface area contributed by atoms with Gasteiger partial charge in [0.2, 0.25) is 0 Å². The maximum atomic E-state index is 13.0. The molecule has 2 aliphatic heterocycles. The number of rotatable bonds is 5. The van der Waals surface area contributed by atoms with Crippen LogP contribution < -0.4 is 0 Å². The summed E-state index contributed by atoms with van der Waals surface area (Å²) in [5.74, 6) is 0.172. The monoisotopic (exact) mass is 440 g/mol. The molecule has 1 atom stereocenters. The zero-order valence-corrected chi connectivity index (χ0v) is 18.1. The second kappa shape index (κ2) is 11.0. The van der Waals surface area contributed by atoms with Crippen molar-refractivity contribution in [1.29, 1.82) is 0 Å². The fourth-order valence-electron chi connectivity index (χ4n) is 3.85. The molecule has 3 heterocycles. The van der Waals surface area contributed by atoms with Crippen LogP contribution in [0.5, 0.6) is 0 Å². The van der Waals surface area contributed by atoms with E-state index in [9.17, 15) is 4.79 Å². The van der Waals surface area contributed by atoms with Gasteiger partial charge in [-0.05, 0) is 69.1 Å². The molecule has 0 N–H and O–H groups in total. The van der Waals surface area contributed by atoms with Crippen LogP contribution in [0.25, 0.3) is 0 Å². The van der Waals surface area contributed by atoms with Crippen LogP contribution in [-0.2, 0) is 0 Å². The molecule has 4 rings (SSSR count). The summed E-state index contributed by atoms with van der Waals surface area (Å²) in [6.45, 7) is 4.29. The van der Waals surface area contributed by atoms with Gasteiger partial charge >= 0.3 is 0 Å². The number of hydrogen-bond acceptors (Lipinski definition) is 5. The molecule has 0 unspecified atom stereocenters. The Morgan fingerprint density at radius 3 is 2.46 bits per heavy atom. The zero-order chi connectivity index (χ0) is 17.8. The van der Waals surface area contributed by atoms with Crippen molar-refractivity contribution in [2.45, 2.75) is 41.6 Å². The van der Waals surface area contributed by atoms with Gasteiger partial charge in [0.25, 0.3) is 5.91 Å². The lowest BCUT2D eigenvalue weighted by atomic mass is 10.1. The Morgan fingerprint density at radius 2 is 1.79 bits per heavy atom. The van der Waals surface area contributed by atoms with Crippen molar-refractivity contribution in [3.8, 4) is 0 Å². The summed E-state index contributed by atoms with van der Waals surface area (Å²) in [4.78, 5) is 26.8. The molecule has 28 heavy (non-hydrogen) atoms. The van der Waals surface area contributed by atoms with Gasteiger partial charge in [-0.25, -0.2) is 9.97 Å². The summed E-state index contributed by atoms with van der Waals surface area (Å²) in [5, 5.41) is 0.907. The van der Waals surface area contributed by atoms with E-state index in [0.29, 0.717) is 6.04 Å². The van der Waals surface area contributed by atoms with E-state index < -0.39 is 0 Å². The van der Waals surface area contributed by atoms with Crippen LogP contribution in [0.3, 0.4) is 0 Å². The first-order valence-corrected chi connectivity index (χ1v) is 10.2. The quantitative estimate of drug-likeness (QED) is 0.652. The predicted molar refractivity (Wildman–Crippen MR) is 117 cm³/mol. The standard InChI is InChI=1S/C20H24N4OS.2ClH/c25-20(24-13-3-4-17(24)14-23-11-1-2-12-23)16-5-7-18(8-6-16)26-19-9-10-21-15-22-19;;/h5-10,15,17H,1-4,11-14H2;2*1H/t17-;;/m0../s1. The van der Waals surface area contributed by atoms with Crippen LogP contribution in [0, 0.1) is 0 Å². The van der Waals surface area contributed by atoms with Gasteiger partial charge < -0.3 is 9.80 Å². The molecule has 2 aromatic rings. The van der Waals surface area contributed by atoms with Crippen LogP contribution >= 0.6 is 36.6 Å². The Hall–Kier alpha value is -1.34. The number of nitrogens with zero attached hydrogens (tertiary/aromatic N) is 4. The highest BCUT2D eigenvalue weighted by molar-refractivity contribution is 7.99. The van der Waals surface area contributed by atoms with Crippen LogP contribution in [0.4, 0.5) is 0 Å². The van der Waals surface area contributed by atoms with E-state index >= 15 is 0 Å². The largest absolute Gasteiger partial charge is 0.334 e. The smallest absolute Gasteiger partial charge is 0.254 e. The number of benzene rings is 1. The van der Waals surface area contributed by atoms with Gasteiger partial charge in [-0.15, -0.1) is 24.8 Å². The Balaban J connectivity index is 0.00000140. The van der Waals surface area contributed by atoms with E-state index in [1.807, 2.05) is 30.3 Å². The molecule has 1 aromatic carbocycles. The second-order valence-corrected chi connectivity index (χ2v) is 8.07. The third-order valence-electron chi connectivity index (χ3n) is 5.18. The van der Waals surface area contributed by atoms with E-state index in [2.05, 4.69) is 19.8 Å². The molecule has 8 heteroatoms. The molecule has 152 valence electrons. The van der Waals surface area contributed by atoms with Crippen LogP contribution in [0.2, 0.25) is 0 Å². The molecule has 1 amide bonds. The van der Waals surface area contributed by atoms with Crippen molar-refractivity contribution in [1.82, 2.24) is 19.8 Å². The van der Waals surface area contributed by atoms with Crippen molar-refractivity contribution < 1.29 is 4.79 Å². The average Bonchev–Trinajstić information content (AvgIpc) is 3.35. The second-order valence-electron chi connectivity index (χ2n) is 6.98. The first-order chi connectivity index (χ1) is 12.8. The predicted octanol–water partition coefficient (Wildman–Crippen LogP) is 4.17. The third kappa shape index (κ3) is 5.60. The first-order valence-electron chi connectivity index (χ1n) is 9.37. The zero-order valence-electron chi connectivity index (χ0n) is 15.7. The molecular formula is C20H26Cl2N4OS. The number of halogens is 2. The van der Waals surface area contributed by atoms with Crippen molar-refractivity contribution >= 4 is 42.5 Å². The third-order valence-corrected chi connectivity index (χ3v) is 6.14. The number of carbonyl (C=O) groups is 1. The topological polar surface area (TPSA) is 49.3 Å². The van der Waals surface area contributed by atoms with Crippen LogP contribution in [-0.4, -0.2) is 57.9 Å². The van der Waals surface area contributed by atoms with Gasteiger partial charge in [-0.2, -0.15) is 0 Å². The lowest BCUT2D eigenvalue weighted by Crippen LogP contribution is -2.42. The summed E-state index contributed by atoms with van der Waals surface area (Å²) in [6, 6.07) is 10.2. The van der Waals surface area contributed by atoms with E-state index in [1.54, 1.807) is 24.3 Å². The molecule has 1 aromatic heterocycles. The number of aromatic nitrogens is 2. The van der Waals surface area contributed by atoms with Gasteiger partial charge in [-0.1, -0.05) is 11.8 Å². The lowest BCUT2D eigenvalue weighted by molar-refractivity contribution is 0.0708. The Kier molecular flexibility index (Phi) is 9.02. The number of likely N-dealkylation sites (tertiary alicyclic amines) is 2. The van der Waals surface area contributed by atoms with E-state index in [0.717, 1.165) is 41.4 Å². The molecule has 0 radical (unpaired) electrons. The van der Waals surface area contributed by atoms with Gasteiger partial charge in [-0.3, -0.25) is 4.79 Å². The number of amides is 1. The Labute approximate surface area is 183 Å². The molecule has 0 spiro atoms. The van der Waals surface area contributed by atoms with Crippen LogP contribution in [0.1, 0.15) is 36.0 Å². The highest BCUT2D eigenvalue weighted by Crippen LogP contribution is 2.27. The molecule has 2 saturated heterocycles.